The predicted molar refractivity (Wildman–Crippen MR) is 142 cm³/mol. The van der Waals surface area contributed by atoms with Crippen molar-refractivity contribution in [1.29, 1.82) is 0 Å². The van der Waals surface area contributed by atoms with E-state index in [2.05, 4.69) is 5.32 Å². The Morgan fingerprint density at radius 2 is 1.88 bits per heavy atom. The molecule has 3 aliphatic rings. The zero-order valence-electron chi connectivity index (χ0n) is 22.0. The summed E-state index contributed by atoms with van der Waals surface area (Å²) in [4.78, 5) is 42.2. The number of carbonyl (C=O) groups excluding carboxylic acids is 3. The molecule has 2 aliphatic heterocycles. The number of carbonyl (C=O) groups is 3. The van der Waals surface area contributed by atoms with Crippen LogP contribution in [0.5, 0.6) is 0 Å². The fourth-order valence-electron chi connectivity index (χ4n) is 6.53. The Bertz CT molecular complexity index is 1630. The second-order valence-electron chi connectivity index (χ2n) is 10.9. The number of hydrogen-bond donors (Lipinski definition) is 1. The second-order valence-corrected chi connectivity index (χ2v) is 12.8. The summed E-state index contributed by atoms with van der Waals surface area (Å²) in [6, 6.07) is 8.29. The van der Waals surface area contributed by atoms with Gasteiger partial charge in [0.2, 0.25) is 15.9 Å². The number of nitrogens with zero attached hydrogens (tertiary/aromatic N) is 3. The molecule has 2 unspecified atom stereocenters. The first kappa shape index (κ1) is 26.5. The highest BCUT2D eigenvalue weighted by Crippen LogP contribution is 2.38. The van der Waals surface area contributed by atoms with Crippen LogP contribution in [0, 0.1) is 12.1 Å². The molecule has 1 aliphatic carbocycles. The van der Waals surface area contributed by atoms with Gasteiger partial charge in [0.25, 0.3) is 5.91 Å². The Morgan fingerprint density at radius 3 is 2.60 bits per heavy atom. The van der Waals surface area contributed by atoms with E-state index in [1.165, 1.54) is 23.2 Å². The van der Waals surface area contributed by atoms with Crippen LogP contribution in [0.2, 0.25) is 0 Å². The van der Waals surface area contributed by atoms with E-state index in [1.54, 1.807) is 13.0 Å². The highest BCUT2D eigenvalue weighted by molar-refractivity contribution is 7.89. The summed E-state index contributed by atoms with van der Waals surface area (Å²) in [6.45, 7) is 1.60. The third-order valence-electron chi connectivity index (χ3n) is 8.51. The molecule has 0 spiro atoms. The van der Waals surface area contributed by atoms with E-state index in [9.17, 15) is 28.0 Å². The van der Waals surface area contributed by atoms with Gasteiger partial charge in [-0.2, -0.15) is 9.04 Å². The number of para-hydroxylation sites is 1. The van der Waals surface area contributed by atoms with Crippen LogP contribution in [0.3, 0.4) is 0 Å². The van der Waals surface area contributed by atoms with Gasteiger partial charge in [-0.3, -0.25) is 14.4 Å². The molecule has 3 aromatic rings. The quantitative estimate of drug-likeness (QED) is 0.368. The van der Waals surface area contributed by atoms with Crippen LogP contribution in [0.4, 0.5) is 0 Å². The molecule has 2 saturated heterocycles. The van der Waals surface area contributed by atoms with Crippen molar-refractivity contribution >= 4 is 38.6 Å². The monoisotopic (exact) mass is 566 g/mol. The van der Waals surface area contributed by atoms with E-state index >= 15 is 0 Å². The summed E-state index contributed by atoms with van der Waals surface area (Å²) < 4.78 is 34.1. The lowest BCUT2D eigenvalue weighted by Gasteiger charge is -2.40. The van der Waals surface area contributed by atoms with Gasteiger partial charge in [-0.05, 0) is 38.3 Å². The van der Waals surface area contributed by atoms with E-state index in [1.807, 2.05) is 18.2 Å². The topological polar surface area (TPSA) is 144 Å². The molecular formula is C28H30N4O7S. The zero-order chi connectivity index (χ0) is 28.2. The number of likely N-dealkylation sites (tertiary alicyclic amines) is 1. The van der Waals surface area contributed by atoms with Crippen LogP contribution in [-0.2, 0) is 19.6 Å². The maximum absolute atomic E-state index is 14.2. The van der Waals surface area contributed by atoms with Crippen molar-refractivity contribution in [3.05, 3.63) is 65.3 Å². The van der Waals surface area contributed by atoms with Crippen molar-refractivity contribution in [2.75, 3.05) is 13.1 Å². The molecule has 3 fully saturated rings. The summed E-state index contributed by atoms with van der Waals surface area (Å²) in [5.74, 6) is -1.09. The summed E-state index contributed by atoms with van der Waals surface area (Å²) in [5.41, 5.74) is 0.0330. The van der Waals surface area contributed by atoms with Gasteiger partial charge in [0.15, 0.2) is 23.9 Å². The maximum Gasteiger partial charge on any atom is 0.288 e. The van der Waals surface area contributed by atoms with Crippen molar-refractivity contribution in [2.45, 2.75) is 68.0 Å². The molecule has 0 radical (unpaired) electrons. The minimum atomic E-state index is -4.14. The molecule has 11 nitrogen and oxygen atoms in total. The number of nitrogens with one attached hydrogen (secondary N) is 1. The van der Waals surface area contributed by atoms with E-state index in [4.69, 9.17) is 4.42 Å². The average molecular weight is 567 g/mol. The molecular weight excluding hydrogens is 536 g/mol. The van der Waals surface area contributed by atoms with Crippen LogP contribution in [-0.4, -0.2) is 65.9 Å². The van der Waals surface area contributed by atoms with E-state index in [0.29, 0.717) is 28.7 Å². The smallest absolute Gasteiger partial charge is 0.288 e. The van der Waals surface area contributed by atoms with Crippen molar-refractivity contribution in [3.63, 3.8) is 0 Å². The van der Waals surface area contributed by atoms with E-state index < -0.39 is 33.6 Å². The first-order valence-corrected chi connectivity index (χ1v) is 14.9. The minimum absolute atomic E-state index is 0.144. The number of ketones is 1. The van der Waals surface area contributed by atoms with Gasteiger partial charge in [-0.15, -0.1) is 0 Å². The Balaban J connectivity index is 1.28. The number of amides is 2. The molecule has 1 saturated carbocycles. The number of aromatic nitrogens is 1. The number of pyridine rings is 1. The number of sulfonamides is 1. The van der Waals surface area contributed by atoms with Crippen molar-refractivity contribution in [2.24, 2.45) is 0 Å². The van der Waals surface area contributed by atoms with Gasteiger partial charge >= 0.3 is 0 Å². The Labute approximate surface area is 231 Å². The third-order valence-corrected chi connectivity index (χ3v) is 10.4. The number of furan rings is 1. The third kappa shape index (κ3) is 4.17. The molecule has 12 heteroatoms. The summed E-state index contributed by atoms with van der Waals surface area (Å²) in [7, 11) is -4.14. The predicted octanol–water partition coefficient (Wildman–Crippen LogP) is 2.05. The highest BCUT2D eigenvalue weighted by Gasteiger charge is 2.57. The second kappa shape index (κ2) is 9.70. The molecule has 210 valence electrons. The number of benzene rings is 1. The molecule has 1 N–H and O–H groups in total. The van der Waals surface area contributed by atoms with Gasteiger partial charge in [-0.25, -0.2) is 8.42 Å². The van der Waals surface area contributed by atoms with Crippen molar-refractivity contribution < 1.29 is 31.9 Å². The number of fused-ring (bicyclic) bond motifs is 2. The molecule has 6 rings (SSSR count). The number of aryl methyl sites for hydroxylation is 1. The zero-order valence-corrected chi connectivity index (χ0v) is 22.9. The number of rotatable bonds is 5. The van der Waals surface area contributed by atoms with E-state index in [0.717, 1.165) is 35.2 Å². The Morgan fingerprint density at radius 1 is 1.12 bits per heavy atom. The molecule has 4 heterocycles. The normalized spacial score (nSPS) is 22.9. The summed E-state index contributed by atoms with van der Waals surface area (Å²) >= 11 is 0. The molecule has 2 atom stereocenters. The van der Waals surface area contributed by atoms with Gasteiger partial charge in [0.05, 0.1) is 12.6 Å². The lowest BCUT2D eigenvalue weighted by molar-refractivity contribution is -0.607. The fraction of sp³-hybridized carbons (Fsp3) is 0.429. The minimum Gasteiger partial charge on any atom is -0.619 e. The Kier molecular flexibility index (Phi) is 6.42. The number of Topliss-reactive ketones (excluding diaryl/α,β-unsaturated/α-hetero) is 1. The molecule has 0 bridgehead atoms. The largest absolute Gasteiger partial charge is 0.619 e. The molecule has 40 heavy (non-hydrogen) atoms. The molecule has 2 aromatic heterocycles. The summed E-state index contributed by atoms with van der Waals surface area (Å²) in [6.07, 6.45) is 5.61. The van der Waals surface area contributed by atoms with Crippen LogP contribution >= 0.6 is 0 Å². The lowest BCUT2D eigenvalue weighted by atomic mass is 9.80. The first-order chi connectivity index (χ1) is 19.1. The van der Waals surface area contributed by atoms with Gasteiger partial charge in [0, 0.05) is 23.6 Å². The van der Waals surface area contributed by atoms with Crippen LogP contribution in [0.25, 0.3) is 11.0 Å². The molecule has 1 aromatic carbocycles. The van der Waals surface area contributed by atoms with Crippen molar-refractivity contribution in [1.82, 2.24) is 14.5 Å². The fourth-order valence-corrected chi connectivity index (χ4v) is 8.16. The number of hydrogen-bond acceptors (Lipinski definition) is 7. The van der Waals surface area contributed by atoms with E-state index in [-0.39, 0.29) is 41.9 Å². The Hall–Kier alpha value is -3.77. The highest BCUT2D eigenvalue weighted by atomic mass is 32.2. The maximum atomic E-state index is 14.2. The van der Waals surface area contributed by atoms with Crippen LogP contribution in [0.15, 0.2) is 58.1 Å². The van der Waals surface area contributed by atoms with Crippen LogP contribution in [0.1, 0.15) is 54.6 Å². The van der Waals surface area contributed by atoms with Gasteiger partial charge in [-0.1, -0.05) is 37.5 Å². The van der Waals surface area contributed by atoms with Crippen molar-refractivity contribution in [3.8, 4) is 0 Å². The average Bonchev–Trinajstić information content (AvgIpc) is 3.62. The summed E-state index contributed by atoms with van der Waals surface area (Å²) in [5, 5.41) is 15.5. The molecule has 2 amide bonds. The standard InChI is InChI=1S/C28H30N4O7S/c1-18-20-9-3-4-10-23(20)39-25(18)26(34)29-28(12-5-2-6-13-28)27(35)31-15-11-21-24(31)22(33)17-32(21)40(37,38)19-8-7-14-30(36)16-19/h3-4,7-10,14,16,21,24H,2,5-6,11-13,15,17H2,1H3,(H,29,34). The van der Waals surface area contributed by atoms with Crippen LogP contribution < -0.4 is 10.0 Å². The SMILES string of the molecule is Cc1c(C(=O)NC2(C(=O)N3CCC4C3C(=O)CN4S(=O)(=O)c3ccc[n+]([O-])c3)CCCCC2)oc2ccccc12. The van der Waals surface area contributed by atoms with Gasteiger partial charge < -0.3 is 19.8 Å². The van der Waals surface area contributed by atoms with Gasteiger partial charge in [0.1, 0.15) is 22.1 Å². The first-order valence-electron chi connectivity index (χ1n) is 13.5. The lowest BCUT2D eigenvalue weighted by Crippen LogP contribution is -2.62.